The number of nitrogens with zero attached hydrogens (tertiary/aromatic N) is 2. The van der Waals surface area contributed by atoms with Gasteiger partial charge in [0, 0.05) is 0 Å². The van der Waals surface area contributed by atoms with Crippen LogP contribution in [0, 0.1) is 5.82 Å². The summed E-state index contributed by atoms with van der Waals surface area (Å²) in [6.45, 7) is 3.00. The van der Waals surface area contributed by atoms with Gasteiger partial charge in [-0.25, -0.2) is 12.8 Å². The van der Waals surface area contributed by atoms with Crippen LogP contribution in [0.2, 0.25) is 0 Å². The molecule has 0 aromatic carbocycles. The molecule has 1 aromatic rings. The third kappa shape index (κ3) is 1.76. The van der Waals surface area contributed by atoms with Gasteiger partial charge in [-0.3, -0.25) is 0 Å². The molecule has 74 valence electrons. The van der Waals surface area contributed by atoms with Gasteiger partial charge in [0.05, 0.1) is 11.4 Å². The molecule has 4 nitrogen and oxygen atoms in total. The van der Waals surface area contributed by atoms with Crippen molar-refractivity contribution < 1.29 is 12.8 Å². The van der Waals surface area contributed by atoms with Gasteiger partial charge >= 0.3 is 0 Å². The van der Waals surface area contributed by atoms with Crippen LogP contribution in [-0.2, 0) is 10.0 Å². The van der Waals surface area contributed by atoms with E-state index < -0.39 is 21.1 Å². The molecule has 0 amide bonds. The van der Waals surface area contributed by atoms with E-state index in [4.69, 9.17) is 0 Å². The van der Waals surface area contributed by atoms with E-state index in [2.05, 4.69) is 21.0 Å². The van der Waals surface area contributed by atoms with Gasteiger partial charge in [0.25, 0.3) is 10.0 Å². The molecule has 0 radical (unpaired) electrons. The highest BCUT2D eigenvalue weighted by molar-refractivity contribution is 9.10. The van der Waals surface area contributed by atoms with Crippen LogP contribution in [0.25, 0.3) is 0 Å². The molecule has 0 saturated heterocycles. The van der Waals surface area contributed by atoms with Gasteiger partial charge in [0.1, 0.15) is 0 Å². The quantitative estimate of drug-likeness (QED) is 0.816. The van der Waals surface area contributed by atoms with E-state index in [0.717, 1.165) is 6.20 Å². The molecule has 0 aliphatic carbocycles. The van der Waals surface area contributed by atoms with Crippen LogP contribution >= 0.6 is 15.9 Å². The highest BCUT2D eigenvalue weighted by Crippen LogP contribution is 2.18. The Labute approximate surface area is 83.9 Å². The molecular formula is C6H8BrFN2O2S. The molecule has 7 heteroatoms. The van der Waals surface area contributed by atoms with Crippen LogP contribution in [0.15, 0.2) is 10.8 Å². The summed E-state index contributed by atoms with van der Waals surface area (Å²) in [5, 5.41) is 2.78. The molecule has 1 rings (SSSR count). The maximum atomic E-state index is 12.7. The largest absolute Gasteiger partial charge is 0.257 e. The molecule has 0 spiro atoms. The summed E-state index contributed by atoms with van der Waals surface area (Å²) in [7, 11) is -3.57. The van der Waals surface area contributed by atoms with Crippen LogP contribution in [0.3, 0.4) is 0 Å². The van der Waals surface area contributed by atoms with Gasteiger partial charge in [0.15, 0.2) is 10.4 Å². The Morgan fingerprint density at radius 2 is 2.15 bits per heavy atom. The van der Waals surface area contributed by atoms with Crippen molar-refractivity contribution in [2.45, 2.75) is 19.1 Å². The Morgan fingerprint density at radius 3 is 2.46 bits per heavy atom. The van der Waals surface area contributed by atoms with E-state index >= 15 is 0 Å². The van der Waals surface area contributed by atoms with Gasteiger partial charge in [-0.15, -0.1) is 4.09 Å². The lowest BCUT2D eigenvalue weighted by molar-refractivity contribution is 0.567. The fourth-order valence-corrected chi connectivity index (χ4v) is 2.36. The summed E-state index contributed by atoms with van der Waals surface area (Å²) in [4.78, 5) is 0. The highest BCUT2D eigenvalue weighted by atomic mass is 79.9. The molecule has 13 heavy (non-hydrogen) atoms. The van der Waals surface area contributed by atoms with Crippen molar-refractivity contribution in [1.29, 1.82) is 0 Å². The second kappa shape index (κ2) is 3.38. The van der Waals surface area contributed by atoms with Gasteiger partial charge in [-0.1, -0.05) is 0 Å². The van der Waals surface area contributed by atoms with E-state index in [9.17, 15) is 12.8 Å². The van der Waals surface area contributed by atoms with E-state index in [1.807, 2.05) is 0 Å². The number of aromatic nitrogens is 2. The van der Waals surface area contributed by atoms with Crippen molar-refractivity contribution in [2.24, 2.45) is 0 Å². The molecule has 0 saturated carbocycles. The minimum Gasteiger partial charge on any atom is -0.204 e. The van der Waals surface area contributed by atoms with Crippen molar-refractivity contribution in [2.75, 3.05) is 0 Å². The highest BCUT2D eigenvalue weighted by Gasteiger charge is 2.23. The number of hydrogen-bond acceptors (Lipinski definition) is 3. The van der Waals surface area contributed by atoms with Gasteiger partial charge in [-0.05, 0) is 29.8 Å². The predicted octanol–water partition coefficient (Wildman–Crippen LogP) is 1.37. The molecular weight excluding hydrogens is 263 g/mol. The van der Waals surface area contributed by atoms with Crippen molar-refractivity contribution in [3.63, 3.8) is 0 Å². The van der Waals surface area contributed by atoms with Crippen LogP contribution in [0.4, 0.5) is 4.39 Å². The summed E-state index contributed by atoms with van der Waals surface area (Å²) in [6.07, 6.45) is 0.851. The van der Waals surface area contributed by atoms with Crippen molar-refractivity contribution in [3.8, 4) is 0 Å². The SMILES string of the molecule is CC(C)S(=O)(=O)n1ncc(F)c1Br. The number of rotatable bonds is 2. The number of hydrogen-bond donors (Lipinski definition) is 0. The van der Waals surface area contributed by atoms with Crippen molar-refractivity contribution >= 4 is 26.0 Å². The molecule has 1 aromatic heterocycles. The maximum Gasteiger partial charge on any atom is 0.257 e. The lowest BCUT2D eigenvalue weighted by Gasteiger charge is -2.07. The zero-order valence-corrected chi connectivity index (χ0v) is 9.43. The lowest BCUT2D eigenvalue weighted by Crippen LogP contribution is -2.23. The van der Waals surface area contributed by atoms with Crippen molar-refractivity contribution in [1.82, 2.24) is 9.19 Å². The molecule has 0 unspecified atom stereocenters. The monoisotopic (exact) mass is 270 g/mol. The summed E-state index contributed by atoms with van der Waals surface area (Å²) in [5.74, 6) is -0.691. The molecule has 1 heterocycles. The minimum absolute atomic E-state index is 0.166. The molecule has 0 aliphatic heterocycles. The maximum absolute atomic E-state index is 12.7. The second-order valence-corrected chi connectivity index (χ2v) is 5.79. The van der Waals surface area contributed by atoms with E-state index in [0.29, 0.717) is 4.09 Å². The third-order valence-corrected chi connectivity index (χ3v) is 4.38. The molecule has 0 aliphatic rings. The Balaban J connectivity index is 3.32. The lowest BCUT2D eigenvalue weighted by atomic mass is 10.6. The van der Waals surface area contributed by atoms with Crippen LogP contribution < -0.4 is 0 Å². The third-order valence-electron chi connectivity index (χ3n) is 1.48. The van der Waals surface area contributed by atoms with E-state index in [-0.39, 0.29) is 4.60 Å². The van der Waals surface area contributed by atoms with Gasteiger partial charge in [-0.2, -0.15) is 5.10 Å². The van der Waals surface area contributed by atoms with Gasteiger partial charge in [0.2, 0.25) is 0 Å². The van der Waals surface area contributed by atoms with Crippen LogP contribution in [0.1, 0.15) is 13.8 Å². The van der Waals surface area contributed by atoms with Crippen LogP contribution in [0.5, 0.6) is 0 Å². The zero-order chi connectivity index (χ0) is 10.2. The Morgan fingerprint density at radius 1 is 1.62 bits per heavy atom. The zero-order valence-electron chi connectivity index (χ0n) is 7.03. The molecule has 0 fully saturated rings. The first-order valence-electron chi connectivity index (χ1n) is 3.50. The Hall–Kier alpha value is -0.430. The Kier molecular flexibility index (Phi) is 2.76. The van der Waals surface area contributed by atoms with Crippen LogP contribution in [-0.4, -0.2) is 22.9 Å². The molecule has 0 atom stereocenters. The minimum atomic E-state index is -3.57. The average molecular weight is 271 g/mol. The van der Waals surface area contributed by atoms with E-state index in [1.165, 1.54) is 13.8 Å². The first-order valence-corrected chi connectivity index (χ1v) is 5.80. The normalized spacial score (nSPS) is 12.4. The predicted molar refractivity (Wildman–Crippen MR) is 49.3 cm³/mol. The fourth-order valence-electron chi connectivity index (χ4n) is 0.676. The first kappa shape index (κ1) is 10.6. The molecule has 0 N–H and O–H groups in total. The number of halogens is 2. The summed E-state index contributed by atoms with van der Waals surface area (Å²) in [6, 6.07) is 0. The summed E-state index contributed by atoms with van der Waals surface area (Å²) >= 11 is 2.80. The standard InChI is InChI=1S/C6H8BrFN2O2S/c1-4(2)13(11,12)10-6(7)5(8)3-9-10/h3-4H,1-2H3. The second-order valence-electron chi connectivity index (χ2n) is 2.72. The molecule has 0 bridgehead atoms. The fraction of sp³-hybridized carbons (Fsp3) is 0.500. The topological polar surface area (TPSA) is 52.0 Å². The smallest absolute Gasteiger partial charge is 0.204 e. The first-order chi connectivity index (χ1) is 5.87. The van der Waals surface area contributed by atoms with E-state index in [1.54, 1.807) is 0 Å². The summed E-state index contributed by atoms with van der Waals surface area (Å²) < 4.78 is 36.2. The van der Waals surface area contributed by atoms with Gasteiger partial charge < -0.3 is 0 Å². The summed E-state index contributed by atoms with van der Waals surface area (Å²) in [5.41, 5.74) is 0. The Bertz CT molecular complexity index is 412. The van der Waals surface area contributed by atoms with Crippen molar-refractivity contribution in [3.05, 3.63) is 16.6 Å². The average Bonchev–Trinajstić information content (AvgIpc) is 2.33.